The Morgan fingerprint density at radius 2 is 1.68 bits per heavy atom. The Hall–Kier alpha value is -0.940. The topological polar surface area (TPSA) is 18.5 Å². The first-order valence-corrected chi connectivity index (χ1v) is 11.7. The monoisotopic (exact) mass is 493 g/mol. The number of benzene rings is 1. The first-order chi connectivity index (χ1) is 14.2. The molecule has 1 atom stereocenters. The van der Waals surface area contributed by atoms with Crippen LogP contribution in [0.4, 0.5) is 0 Å². The molecule has 31 heavy (non-hydrogen) atoms. The van der Waals surface area contributed by atoms with Crippen molar-refractivity contribution in [2.45, 2.75) is 59.1 Å². The molecule has 1 aromatic rings. The lowest BCUT2D eigenvalue weighted by Crippen LogP contribution is -3.00. The summed E-state index contributed by atoms with van der Waals surface area (Å²) >= 11 is 0. The molecule has 1 unspecified atom stereocenters. The fourth-order valence-corrected chi connectivity index (χ4v) is 4.20. The van der Waals surface area contributed by atoms with Gasteiger partial charge in [0.2, 0.25) is 0 Å². The van der Waals surface area contributed by atoms with Gasteiger partial charge in [0.1, 0.15) is 13.1 Å². The molecular formula is C27H44BrNO2. The molecule has 1 aliphatic rings. The molecule has 0 saturated heterocycles. The highest BCUT2D eigenvalue weighted by molar-refractivity contribution is 5.28. The number of allylic oxidation sites excluding steroid dienone is 2. The predicted octanol–water partition coefficient (Wildman–Crippen LogP) is 3.02. The van der Waals surface area contributed by atoms with Crippen LogP contribution in [-0.4, -0.2) is 50.5 Å². The summed E-state index contributed by atoms with van der Waals surface area (Å²) in [5.74, 6) is 1.30. The maximum atomic E-state index is 6.40. The summed E-state index contributed by atoms with van der Waals surface area (Å²) in [7, 11) is 4.52. The van der Waals surface area contributed by atoms with Crippen molar-refractivity contribution in [3.63, 3.8) is 0 Å². The second kappa shape index (κ2) is 13.6. The summed E-state index contributed by atoms with van der Waals surface area (Å²) in [4.78, 5) is 0. The van der Waals surface area contributed by atoms with E-state index < -0.39 is 0 Å². The zero-order valence-corrected chi connectivity index (χ0v) is 22.2. The fraction of sp³-hybridized carbons (Fsp3) is 0.630. The largest absolute Gasteiger partial charge is 1.00 e. The van der Waals surface area contributed by atoms with Gasteiger partial charge in [0.15, 0.2) is 0 Å². The summed E-state index contributed by atoms with van der Waals surface area (Å²) in [6.45, 7) is 13.2. The van der Waals surface area contributed by atoms with Crippen LogP contribution in [0.1, 0.15) is 52.5 Å². The van der Waals surface area contributed by atoms with Crippen LogP contribution in [0.15, 0.2) is 54.1 Å². The number of hydrogen-bond acceptors (Lipinski definition) is 2. The smallest absolute Gasteiger partial charge is 0.104 e. The zero-order valence-electron chi connectivity index (χ0n) is 20.6. The quantitative estimate of drug-likeness (QED) is 0.310. The lowest BCUT2D eigenvalue weighted by atomic mass is 9.83. The molecule has 0 bridgehead atoms. The molecule has 1 aliphatic carbocycles. The fourth-order valence-electron chi connectivity index (χ4n) is 4.20. The van der Waals surface area contributed by atoms with E-state index in [4.69, 9.17) is 9.47 Å². The van der Waals surface area contributed by atoms with Gasteiger partial charge in [-0.2, -0.15) is 0 Å². The van der Waals surface area contributed by atoms with E-state index in [1.807, 2.05) is 0 Å². The maximum Gasteiger partial charge on any atom is 0.104 e. The molecular weight excluding hydrogens is 450 g/mol. The molecule has 0 aliphatic heterocycles. The number of ether oxygens (including phenoxy) is 2. The normalized spacial score (nSPS) is 18.9. The molecule has 176 valence electrons. The molecule has 0 fully saturated rings. The van der Waals surface area contributed by atoms with E-state index in [1.54, 1.807) is 0 Å². The van der Waals surface area contributed by atoms with Crippen LogP contribution in [0.5, 0.6) is 0 Å². The molecule has 0 saturated carbocycles. The Labute approximate surface area is 201 Å². The number of likely N-dealkylation sites (N-methyl/N-ethyl adjacent to an activating group) is 1. The third kappa shape index (κ3) is 11.0. The van der Waals surface area contributed by atoms with E-state index in [1.165, 1.54) is 11.1 Å². The number of rotatable bonds is 13. The van der Waals surface area contributed by atoms with Crippen molar-refractivity contribution < 1.29 is 30.9 Å². The summed E-state index contributed by atoms with van der Waals surface area (Å²) < 4.78 is 13.3. The van der Waals surface area contributed by atoms with E-state index in [0.717, 1.165) is 43.4 Å². The second-order valence-corrected chi connectivity index (χ2v) is 10.3. The highest BCUT2D eigenvalue weighted by atomic mass is 79.9. The number of hydrogen-bond donors (Lipinski definition) is 0. The highest BCUT2D eigenvalue weighted by Gasteiger charge is 2.30. The Balaban J connectivity index is 0.00000480. The first-order valence-electron chi connectivity index (χ1n) is 11.7. The molecule has 2 rings (SSSR count). The lowest BCUT2D eigenvalue weighted by molar-refractivity contribution is -0.904. The molecule has 0 amide bonds. The minimum absolute atomic E-state index is 0. The molecule has 3 nitrogen and oxygen atoms in total. The highest BCUT2D eigenvalue weighted by Crippen LogP contribution is 2.33. The Bertz CT molecular complexity index is 682. The van der Waals surface area contributed by atoms with E-state index in [0.29, 0.717) is 25.0 Å². The Morgan fingerprint density at radius 1 is 0.968 bits per heavy atom. The van der Waals surface area contributed by atoms with E-state index in [9.17, 15) is 0 Å². The predicted molar refractivity (Wildman–Crippen MR) is 127 cm³/mol. The van der Waals surface area contributed by atoms with Crippen LogP contribution in [0.2, 0.25) is 0 Å². The third-order valence-electron chi connectivity index (χ3n) is 5.62. The third-order valence-corrected chi connectivity index (χ3v) is 5.62. The zero-order chi connectivity index (χ0) is 22.0. The van der Waals surface area contributed by atoms with Gasteiger partial charge in [0.25, 0.3) is 0 Å². The summed E-state index contributed by atoms with van der Waals surface area (Å²) in [6.07, 6.45) is 10.2. The van der Waals surface area contributed by atoms with Gasteiger partial charge >= 0.3 is 0 Å². The number of quaternary nitrogens is 1. The van der Waals surface area contributed by atoms with Gasteiger partial charge in [-0.15, -0.1) is 0 Å². The van der Waals surface area contributed by atoms with Crippen LogP contribution >= 0.6 is 0 Å². The second-order valence-electron chi connectivity index (χ2n) is 10.3. The molecule has 0 heterocycles. The minimum Gasteiger partial charge on any atom is -1.00 e. The summed E-state index contributed by atoms with van der Waals surface area (Å²) in [5.41, 5.74) is 2.65. The molecule has 0 radical (unpaired) electrons. The minimum atomic E-state index is -0.166. The van der Waals surface area contributed by atoms with Gasteiger partial charge in [0, 0.05) is 5.56 Å². The molecule has 0 N–H and O–H groups in total. The van der Waals surface area contributed by atoms with Crippen molar-refractivity contribution in [1.82, 2.24) is 0 Å². The van der Waals surface area contributed by atoms with Crippen molar-refractivity contribution in [1.29, 1.82) is 0 Å². The van der Waals surface area contributed by atoms with Crippen LogP contribution in [0.25, 0.3) is 0 Å². The van der Waals surface area contributed by atoms with Gasteiger partial charge in [-0.1, -0.05) is 81.8 Å². The summed E-state index contributed by atoms with van der Waals surface area (Å²) in [6, 6.07) is 10.7. The standard InChI is InChI=1S/C27H44NO2.BrH/c1-23(2)20-25-12-14-27(15-13-25,21-24(3)4)30-19-18-29-17-16-28(5,6)22-26-10-8-7-9-11-26;/h7-14,23-24H,15-22H2,1-6H3;1H/q+1;/p-1. The van der Waals surface area contributed by atoms with Gasteiger partial charge in [-0.3, -0.25) is 0 Å². The van der Waals surface area contributed by atoms with Crippen molar-refractivity contribution in [2.24, 2.45) is 11.8 Å². The van der Waals surface area contributed by atoms with Crippen LogP contribution < -0.4 is 17.0 Å². The number of nitrogens with zero attached hydrogens (tertiary/aromatic N) is 1. The Morgan fingerprint density at radius 3 is 2.26 bits per heavy atom. The first kappa shape index (κ1) is 28.1. The van der Waals surface area contributed by atoms with Crippen molar-refractivity contribution in [2.75, 3.05) is 40.5 Å². The van der Waals surface area contributed by atoms with Gasteiger partial charge < -0.3 is 30.9 Å². The molecule has 1 aromatic carbocycles. The molecule has 0 aromatic heterocycles. The van der Waals surface area contributed by atoms with E-state index in [2.05, 4.69) is 90.4 Å². The maximum absolute atomic E-state index is 6.40. The Kier molecular flexibility index (Phi) is 12.3. The van der Waals surface area contributed by atoms with Crippen molar-refractivity contribution in [3.8, 4) is 0 Å². The van der Waals surface area contributed by atoms with Crippen LogP contribution in [-0.2, 0) is 16.0 Å². The molecule has 0 spiro atoms. The average molecular weight is 495 g/mol. The lowest BCUT2D eigenvalue weighted by Gasteiger charge is -2.34. The number of halogens is 1. The van der Waals surface area contributed by atoms with Crippen LogP contribution in [0, 0.1) is 11.8 Å². The van der Waals surface area contributed by atoms with E-state index >= 15 is 0 Å². The van der Waals surface area contributed by atoms with Crippen LogP contribution in [0.3, 0.4) is 0 Å². The summed E-state index contributed by atoms with van der Waals surface area (Å²) in [5, 5.41) is 0. The SMILES string of the molecule is CC(C)CC1=CCC(CC(C)C)(OCCOCC[N+](C)(C)Cc2ccccc2)C=C1.[Br-]. The van der Waals surface area contributed by atoms with E-state index in [-0.39, 0.29) is 22.6 Å². The van der Waals surface area contributed by atoms with Gasteiger partial charge in [0.05, 0.1) is 39.5 Å². The van der Waals surface area contributed by atoms with Gasteiger partial charge in [-0.05, 0) is 31.1 Å². The van der Waals surface area contributed by atoms with Gasteiger partial charge in [-0.25, -0.2) is 0 Å². The molecule has 4 heteroatoms. The van der Waals surface area contributed by atoms with Crippen molar-refractivity contribution >= 4 is 0 Å². The van der Waals surface area contributed by atoms with Crippen molar-refractivity contribution in [3.05, 3.63) is 59.7 Å². The average Bonchev–Trinajstić information content (AvgIpc) is 2.66.